The molecule has 0 radical (unpaired) electrons. The third-order valence-electron chi connectivity index (χ3n) is 2.71. The summed E-state index contributed by atoms with van der Waals surface area (Å²) in [5, 5.41) is 3.04. The number of hydrogen-bond acceptors (Lipinski definition) is 1. The Morgan fingerprint density at radius 3 is 2.41 bits per heavy atom. The Kier molecular flexibility index (Phi) is 5.75. The highest BCUT2D eigenvalue weighted by Crippen LogP contribution is 2.05. The fourth-order valence-electron chi connectivity index (χ4n) is 1.80. The largest absolute Gasteiger partial charge is 0.354 e. The van der Waals surface area contributed by atoms with Gasteiger partial charge in [-0.05, 0) is 31.2 Å². The van der Waals surface area contributed by atoms with Gasteiger partial charge in [0.05, 0.1) is 0 Å². The summed E-state index contributed by atoms with van der Waals surface area (Å²) < 4.78 is 0. The molecule has 94 valence electrons. The Hall–Kier alpha value is -1.31. The number of benzene rings is 1. The molecule has 0 fully saturated rings. The van der Waals surface area contributed by atoms with Gasteiger partial charge in [-0.15, -0.1) is 0 Å². The highest BCUT2D eigenvalue weighted by molar-refractivity contribution is 5.76. The topological polar surface area (TPSA) is 29.1 Å². The van der Waals surface area contributed by atoms with Crippen LogP contribution in [0.3, 0.4) is 0 Å². The van der Waals surface area contributed by atoms with Crippen LogP contribution in [0, 0.1) is 5.92 Å². The van der Waals surface area contributed by atoms with E-state index in [-0.39, 0.29) is 11.9 Å². The number of rotatable bonds is 6. The molecular formula is C15H23NO. The minimum atomic E-state index is 0.167. The molecule has 1 aromatic carbocycles. The molecule has 0 unspecified atom stereocenters. The van der Waals surface area contributed by atoms with E-state index < -0.39 is 0 Å². The highest BCUT2D eigenvalue weighted by atomic mass is 16.1. The van der Waals surface area contributed by atoms with E-state index in [1.165, 1.54) is 5.56 Å². The summed E-state index contributed by atoms with van der Waals surface area (Å²) in [4.78, 5) is 11.6. The minimum Gasteiger partial charge on any atom is -0.354 e. The molecule has 1 rings (SSSR count). The Balaban J connectivity index is 2.26. The lowest BCUT2D eigenvalue weighted by molar-refractivity contribution is -0.122. The molecule has 0 spiro atoms. The molecule has 0 aliphatic rings. The average molecular weight is 233 g/mol. The van der Waals surface area contributed by atoms with Gasteiger partial charge in [0, 0.05) is 12.5 Å². The Labute approximate surface area is 104 Å². The van der Waals surface area contributed by atoms with Gasteiger partial charge in [0.25, 0.3) is 0 Å². The zero-order valence-corrected chi connectivity index (χ0v) is 11.1. The molecule has 17 heavy (non-hydrogen) atoms. The first-order valence-electron chi connectivity index (χ1n) is 6.41. The predicted octanol–water partition coefficient (Wildman–Crippen LogP) is 3.17. The molecule has 0 saturated carbocycles. The molecule has 0 aliphatic heterocycles. The average Bonchev–Trinajstić information content (AvgIpc) is 2.26. The zero-order valence-electron chi connectivity index (χ0n) is 11.1. The van der Waals surface area contributed by atoms with Crippen molar-refractivity contribution in [1.82, 2.24) is 5.32 Å². The lowest BCUT2D eigenvalue weighted by Gasteiger charge is -2.14. The lowest BCUT2D eigenvalue weighted by atomic mass is 10.1. The second-order valence-corrected chi connectivity index (χ2v) is 5.09. The summed E-state index contributed by atoms with van der Waals surface area (Å²) >= 11 is 0. The maximum atomic E-state index is 11.6. The maximum absolute atomic E-state index is 11.6. The van der Waals surface area contributed by atoms with Crippen molar-refractivity contribution < 1.29 is 4.79 Å². The van der Waals surface area contributed by atoms with Gasteiger partial charge in [-0.3, -0.25) is 4.79 Å². The molecule has 0 bridgehead atoms. The van der Waals surface area contributed by atoms with E-state index in [0.717, 1.165) is 12.8 Å². The molecule has 1 atom stereocenters. The quantitative estimate of drug-likeness (QED) is 0.803. The third kappa shape index (κ3) is 6.10. The van der Waals surface area contributed by atoms with Crippen LogP contribution in [0.4, 0.5) is 0 Å². The van der Waals surface area contributed by atoms with Crippen LogP contribution >= 0.6 is 0 Å². The van der Waals surface area contributed by atoms with Gasteiger partial charge < -0.3 is 5.32 Å². The zero-order chi connectivity index (χ0) is 12.7. The van der Waals surface area contributed by atoms with Gasteiger partial charge in [0.15, 0.2) is 0 Å². The fraction of sp³-hybridized carbons (Fsp3) is 0.533. The SMILES string of the molecule is CC(C)CC(=O)N[C@@H](C)CCc1ccccc1. The van der Waals surface area contributed by atoms with E-state index in [1.54, 1.807) is 0 Å². The predicted molar refractivity (Wildman–Crippen MR) is 71.8 cm³/mol. The normalized spacial score (nSPS) is 12.5. The third-order valence-corrected chi connectivity index (χ3v) is 2.71. The summed E-state index contributed by atoms with van der Waals surface area (Å²) in [5.41, 5.74) is 1.33. The molecule has 2 heteroatoms. The van der Waals surface area contributed by atoms with Crippen molar-refractivity contribution >= 4 is 5.91 Å². The summed E-state index contributed by atoms with van der Waals surface area (Å²) in [7, 11) is 0. The molecule has 0 aromatic heterocycles. The monoisotopic (exact) mass is 233 g/mol. The molecule has 0 saturated heterocycles. The molecule has 2 nitrogen and oxygen atoms in total. The van der Waals surface area contributed by atoms with Gasteiger partial charge in [-0.1, -0.05) is 44.2 Å². The first-order valence-corrected chi connectivity index (χ1v) is 6.41. The molecule has 1 aromatic rings. The van der Waals surface area contributed by atoms with Crippen LogP contribution in [-0.2, 0) is 11.2 Å². The minimum absolute atomic E-state index is 0.167. The fourth-order valence-corrected chi connectivity index (χ4v) is 1.80. The van der Waals surface area contributed by atoms with Gasteiger partial charge >= 0.3 is 0 Å². The van der Waals surface area contributed by atoms with E-state index in [9.17, 15) is 4.79 Å². The Morgan fingerprint density at radius 1 is 1.18 bits per heavy atom. The van der Waals surface area contributed by atoms with Crippen molar-refractivity contribution in [2.75, 3.05) is 0 Å². The number of aryl methyl sites for hydroxylation is 1. The van der Waals surface area contributed by atoms with Crippen LogP contribution in [-0.4, -0.2) is 11.9 Å². The van der Waals surface area contributed by atoms with Crippen LogP contribution in [0.25, 0.3) is 0 Å². The molecule has 1 amide bonds. The highest BCUT2D eigenvalue weighted by Gasteiger charge is 2.08. The standard InChI is InChI=1S/C15H23NO/c1-12(2)11-15(17)16-13(3)9-10-14-7-5-4-6-8-14/h4-8,12-13H,9-11H2,1-3H3,(H,16,17)/t13-/m0/s1. The maximum Gasteiger partial charge on any atom is 0.220 e. The number of nitrogens with one attached hydrogen (secondary N) is 1. The summed E-state index contributed by atoms with van der Waals surface area (Å²) in [6.07, 6.45) is 2.63. The van der Waals surface area contributed by atoms with Gasteiger partial charge in [-0.25, -0.2) is 0 Å². The first-order chi connectivity index (χ1) is 8.08. The second kappa shape index (κ2) is 7.10. The van der Waals surface area contributed by atoms with E-state index in [0.29, 0.717) is 12.3 Å². The van der Waals surface area contributed by atoms with Crippen molar-refractivity contribution in [2.45, 2.75) is 46.1 Å². The van der Waals surface area contributed by atoms with Crippen molar-refractivity contribution in [3.8, 4) is 0 Å². The Morgan fingerprint density at radius 2 is 1.82 bits per heavy atom. The van der Waals surface area contributed by atoms with Crippen LogP contribution in [0.5, 0.6) is 0 Å². The molecular weight excluding hydrogens is 210 g/mol. The number of carbonyl (C=O) groups excluding carboxylic acids is 1. The van der Waals surface area contributed by atoms with E-state index in [4.69, 9.17) is 0 Å². The smallest absolute Gasteiger partial charge is 0.220 e. The van der Waals surface area contributed by atoms with E-state index in [2.05, 4.69) is 50.4 Å². The summed E-state index contributed by atoms with van der Waals surface area (Å²) in [6, 6.07) is 10.6. The second-order valence-electron chi connectivity index (χ2n) is 5.09. The number of hydrogen-bond donors (Lipinski definition) is 1. The summed E-state index contributed by atoms with van der Waals surface area (Å²) in [6.45, 7) is 6.20. The first kappa shape index (κ1) is 13.8. The molecule has 0 heterocycles. The van der Waals surface area contributed by atoms with Gasteiger partial charge in [0.2, 0.25) is 5.91 Å². The van der Waals surface area contributed by atoms with E-state index in [1.807, 2.05) is 6.07 Å². The molecule has 0 aliphatic carbocycles. The van der Waals surface area contributed by atoms with Gasteiger partial charge in [-0.2, -0.15) is 0 Å². The number of amides is 1. The van der Waals surface area contributed by atoms with Crippen molar-refractivity contribution in [3.05, 3.63) is 35.9 Å². The molecule has 1 N–H and O–H groups in total. The van der Waals surface area contributed by atoms with Crippen molar-refractivity contribution in [2.24, 2.45) is 5.92 Å². The van der Waals surface area contributed by atoms with Crippen LogP contribution in [0.1, 0.15) is 39.2 Å². The lowest BCUT2D eigenvalue weighted by Crippen LogP contribution is -2.33. The van der Waals surface area contributed by atoms with E-state index >= 15 is 0 Å². The van der Waals surface area contributed by atoms with Crippen molar-refractivity contribution in [1.29, 1.82) is 0 Å². The van der Waals surface area contributed by atoms with Crippen LogP contribution in [0.15, 0.2) is 30.3 Å². The van der Waals surface area contributed by atoms with Crippen LogP contribution < -0.4 is 5.32 Å². The number of carbonyl (C=O) groups is 1. The van der Waals surface area contributed by atoms with Crippen LogP contribution in [0.2, 0.25) is 0 Å². The summed E-state index contributed by atoms with van der Waals surface area (Å²) in [5.74, 6) is 0.594. The van der Waals surface area contributed by atoms with Crippen molar-refractivity contribution in [3.63, 3.8) is 0 Å². The Bertz CT molecular complexity index is 332. The van der Waals surface area contributed by atoms with Gasteiger partial charge in [0.1, 0.15) is 0 Å².